The van der Waals surface area contributed by atoms with Crippen LogP contribution in [0.15, 0.2) is 0 Å². The van der Waals surface area contributed by atoms with E-state index in [-0.39, 0.29) is 0 Å². The Bertz CT molecular complexity index is 256. The fraction of sp³-hybridized carbons (Fsp3) is 0.800. The summed E-state index contributed by atoms with van der Waals surface area (Å²) in [5, 5.41) is 17.0. The molecule has 7 nitrogen and oxygen atoms in total. The van der Waals surface area contributed by atoms with E-state index < -0.39 is 34.6 Å². The first kappa shape index (κ1) is 12.3. The molecule has 0 aliphatic rings. The Hall–Kier alpha value is -0.700. The summed E-state index contributed by atoms with van der Waals surface area (Å²) in [5.41, 5.74) is 0. The number of hydrogen-bond donors (Lipinski definition) is 2. The summed E-state index contributed by atoms with van der Waals surface area (Å²) in [6.07, 6.45) is -1.46. The van der Waals surface area contributed by atoms with Gasteiger partial charge in [0.25, 0.3) is 0 Å². The second-order valence-corrected chi connectivity index (χ2v) is 3.79. The molecule has 0 aliphatic heterocycles. The van der Waals surface area contributed by atoms with Crippen LogP contribution in [0.2, 0.25) is 0 Å². The standard InChI is InChI=1S/C5H10O7S/c1-4(7)11-12-13(9,10)3-5(8)2-6/h5-6,8H,2-3H2,1H3. The van der Waals surface area contributed by atoms with Crippen molar-refractivity contribution in [1.82, 2.24) is 0 Å². The first-order valence-electron chi connectivity index (χ1n) is 3.25. The quantitative estimate of drug-likeness (QED) is 0.409. The van der Waals surface area contributed by atoms with E-state index in [9.17, 15) is 13.2 Å². The van der Waals surface area contributed by atoms with E-state index in [0.29, 0.717) is 0 Å². The predicted octanol–water partition coefficient (Wildman–Crippen LogP) is -1.84. The summed E-state index contributed by atoms with van der Waals surface area (Å²) in [7, 11) is -4.14. The third kappa shape index (κ3) is 6.46. The minimum absolute atomic E-state index is 0.720. The zero-order chi connectivity index (χ0) is 10.5. The Kier molecular flexibility index (Phi) is 4.85. The maximum atomic E-state index is 10.7. The van der Waals surface area contributed by atoms with Gasteiger partial charge in [-0.1, -0.05) is 4.33 Å². The van der Waals surface area contributed by atoms with E-state index >= 15 is 0 Å². The maximum absolute atomic E-state index is 10.7. The van der Waals surface area contributed by atoms with Crippen molar-refractivity contribution in [3.05, 3.63) is 0 Å². The van der Waals surface area contributed by atoms with Gasteiger partial charge in [-0.15, -0.1) is 0 Å². The molecule has 0 aromatic rings. The molecule has 0 amide bonds. The molecule has 0 aliphatic carbocycles. The third-order valence-electron chi connectivity index (χ3n) is 0.862. The first-order chi connectivity index (χ1) is 5.87. The van der Waals surface area contributed by atoms with E-state index in [0.717, 1.165) is 6.92 Å². The molecular weight excluding hydrogens is 204 g/mol. The number of carbonyl (C=O) groups excluding carboxylic acids is 1. The van der Waals surface area contributed by atoms with E-state index in [1.807, 2.05) is 0 Å². The number of carbonyl (C=O) groups is 1. The lowest BCUT2D eigenvalue weighted by Gasteiger charge is -2.06. The van der Waals surface area contributed by atoms with Gasteiger partial charge >= 0.3 is 16.1 Å². The fourth-order valence-electron chi connectivity index (χ4n) is 0.416. The van der Waals surface area contributed by atoms with Crippen molar-refractivity contribution >= 4 is 16.1 Å². The van der Waals surface area contributed by atoms with Crippen LogP contribution >= 0.6 is 0 Å². The second kappa shape index (κ2) is 5.12. The monoisotopic (exact) mass is 214 g/mol. The van der Waals surface area contributed by atoms with Crippen LogP contribution in [-0.4, -0.2) is 43.1 Å². The van der Waals surface area contributed by atoms with Crippen molar-refractivity contribution < 1.29 is 32.6 Å². The van der Waals surface area contributed by atoms with Gasteiger partial charge in [-0.3, -0.25) is 4.89 Å². The molecule has 8 heteroatoms. The smallest absolute Gasteiger partial charge is 0.340 e. The normalized spacial score (nSPS) is 13.8. The van der Waals surface area contributed by atoms with Crippen molar-refractivity contribution in [2.24, 2.45) is 0 Å². The number of rotatable bonds is 5. The number of aliphatic hydroxyl groups excluding tert-OH is 2. The largest absolute Gasteiger partial charge is 0.394 e. The van der Waals surface area contributed by atoms with Crippen LogP contribution in [-0.2, 0) is 24.1 Å². The van der Waals surface area contributed by atoms with Crippen LogP contribution in [0.3, 0.4) is 0 Å². The van der Waals surface area contributed by atoms with Gasteiger partial charge in [0.1, 0.15) is 5.75 Å². The molecule has 78 valence electrons. The molecular formula is C5H10O7S. The molecule has 0 spiro atoms. The van der Waals surface area contributed by atoms with Gasteiger partial charge in [-0.2, -0.15) is 8.42 Å². The van der Waals surface area contributed by atoms with Gasteiger partial charge in [-0.25, -0.2) is 4.79 Å². The average Bonchev–Trinajstić information content (AvgIpc) is 2.00. The predicted molar refractivity (Wildman–Crippen MR) is 39.7 cm³/mol. The highest BCUT2D eigenvalue weighted by atomic mass is 32.2. The molecule has 0 radical (unpaired) electrons. The number of hydrogen-bond acceptors (Lipinski definition) is 7. The lowest BCUT2D eigenvalue weighted by atomic mass is 10.4. The van der Waals surface area contributed by atoms with Crippen molar-refractivity contribution in [3.63, 3.8) is 0 Å². The van der Waals surface area contributed by atoms with Crippen LogP contribution in [0.1, 0.15) is 6.92 Å². The highest BCUT2D eigenvalue weighted by molar-refractivity contribution is 7.86. The molecule has 0 aromatic heterocycles. The lowest BCUT2D eigenvalue weighted by Crippen LogP contribution is -2.26. The fourth-order valence-corrected chi connectivity index (χ4v) is 1.25. The summed E-state index contributed by atoms with van der Waals surface area (Å²) in [6, 6.07) is 0. The Balaban J connectivity index is 4.02. The molecule has 2 N–H and O–H groups in total. The molecule has 1 atom stereocenters. The third-order valence-corrected chi connectivity index (χ3v) is 1.93. The lowest BCUT2D eigenvalue weighted by molar-refractivity contribution is -0.208. The summed E-state index contributed by atoms with van der Waals surface area (Å²) in [6.45, 7) is 0.237. The maximum Gasteiger partial charge on any atom is 0.340 e. The van der Waals surface area contributed by atoms with E-state index in [1.165, 1.54) is 0 Å². The van der Waals surface area contributed by atoms with Gasteiger partial charge in [-0.05, 0) is 0 Å². The van der Waals surface area contributed by atoms with Crippen LogP contribution in [0.25, 0.3) is 0 Å². The molecule has 0 aromatic carbocycles. The van der Waals surface area contributed by atoms with Crippen LogP contribution in [0.5, 0.6) is 0 Å². The van der Waals surface area contributed by atoms with Gasteiger partial charge in [0.15, 0.2) is 0 Å². The Morgan fingerprint density at radius 1 is 1.54 bits per heavy atom. The summed E-state index contributed by atoms with van der Waals surface area (Å²) >= 11 is 0. The first-order valence-corrected chi connectivity index (χ1v) is 4.83. The van der Waals surface area contributed by atoms with Crippen LogP contribution in [0, 0.1) is 0 Å². The van der Waals surface area contributed by atoms with Crippen molar-refractivity contribution in [2.45, 2.75) is 13.0 Å². The molecule has 0 rings (SSSR count). The van der Waals surface area contributed by atoms with Gasteiger partial charge in [0, 0.05) is 6.92 Å². The Morgan fingerprint density at radius 2 is 2.08 bits per heavy atom. The topological polar surface area (TPSA) is 110 Å². The highest BCUT2D eigenvalue weighted by Crippen LogP contribution is 1.98. The van der Waals surface area contributed by atoms with Crippen LogP contribution < -0.4 is 0 Å². The van der Waals surface area contributed by atoms with Crippen LogP contribution in [0.4, 0.5) is 0 Å². The molecule has 0 saturated carbocycles. The SMILES string of the molecule is CC(=O)OOS(=O)(=O)CC(O)CO. The minimum Gasteiger partial charge on any atom is -0.394 e. The zero-order valence-electron chi connectivity index (χ0n) is 6.84. The van der Waals surface area contributed by atoms with Gasteiger partial charge < -0.3 is 10.2 Å². The molecule has 13 heavy (non-hydrogen) atoms. The Labute approximate surface area is 74.9 Å². The highest BCUT2D eigenvalue weighted by Gasteiger charge is 2.19. The van der Waals surface area contributed by atoms with Crippen molar-refractivity contribution in [1.29, 1.82) is 0 Å². The molecule has 0 bridgehead atoms. The summed E-state index contributed by atoms with van der Waals surface area (Å²) < 4.78 is 25.2. The molecule has 0 saturated heterocycles. The summed E-state index contributed by atoms with van der Waals surface area (Å²) in [5.74, 6) is -1.77. The molecule has 0 fully saturated rings. The van der Waals surface area contributed by atoms with E-state index in [2.05, 4.69) is 9.22 Å². The van der Waals surface area contributed by atoms with Gasteiger partial charge in [0.05, 0.1) is 12.7 Å². The van der Waals surface area contributed by atoms with E-state index in [4.69, 9.17) is 10.2 Å². The molecule has 0 heterocycles. The molecule has 1 unspecified atom stereocenters. The second-order valence-electron chi connectivity index (χ2n) is 2.20. The van der Waals surface area contributed by atoms with Crippen molar-refractivity contribution in [2.75, 3.05) is 12.4 Å². The Morgan fingerprint density at radius 3 is 2.46 bits per heavy atom. The number of aliphatic hydroxyl groups is 2. The average molecular weight is 214 g/mol. The summed E-state index contributed by atoms with van der Waals surface area (Å²) in [4.78, 5) is 13.9. The van der Waals surface area contributed by atoms with Gasteiger partial charge in [0.2, 0.25) is 0 Å². The zero-order valence-corrected chi connectivity index (χ0v) is 7.65. The minimum atomic E-state index is -4.14. The van der Waals surface area contributed by atoms with Crippen molar-refractivity contribution in [3.8, 4) is 0 Å². The van der Waals surface area contributed by atoms with E-state index in [1.54, 1.807) is 0 Å².